The van der Waals surface area contributed by atoms with Crippen LogP contribution in [0.1, 0.15) is 51.0 Å². The first-order chi connectivity index (χ1) is 8.34. The minimum atomic E-state index is 0.299. The van der Waals surface area contributed by atoms with Crippen molar-refractivity contribution in [1.82, 2.24) is 4.98 Å². The molecule has 1 saturated carbocycles. The minimum absolute atomic E-state index is 0.299. The quantitative estimate of drug-likeness (QED) is 0.774. The summed E-state index contributed by atoms with van der Waals surface area (Å²) in [6.45, 7) is 3.15. The Morgan fingerprint density at radius 1 is 1.41 bits per heavy atom. The van der Waals surface area contributed by atoms with Crippen LogP contribution in [0.2, 0.25) is 0 Å². The lowest BCUT2D eigenvalue weighted by Gasteiger charge is -2.36. The predicted octanol–water partition coefficient (Wildman–Crippen LogP) is 3.70. The van der Waals surface area contributed by atoms with E-state index >= 15 is 0 Å². The Morgan fingerprint density at radius 3 is 3.00 bits per heavy atom. The second-order valence-electron chi connectivity index (χ2n) is 5.66. The zero-order valence-corrected chi connectivity index (χ0v) is 10.6. The van der Waals surface area contributed by atoms with E-state index in [1.807, 2.05) is 12.3 Å². The summed E-state index contributed by atoms with van der Waals surface area (Å²) in [6.07, 6.45) is 9.87. The van der Waals surface area contributed by atoms with E-state index < -0.39 is 0 Å². The molecule has 92 valence electrons. The third-order valence-corrected chi connectivity index (χ3v) is 4.59. The van der Waals surface area contributed by atoms with Crippen molar-refractivity contribution in [2.45, 2.75) is 50.9 Å². The van der Waals surface area contributed by atoms with E-state index in [4.69, 9.17) is 4.74 Å². The molecule has 1 fully saturated rings. The Labute approximate surface area is 103 Å². The number of ether oxygens (including phenoxy) is 1. The lowest BCUT2D eigenvalue weighted by molar-refractivity contribution is 0.174. The SMILES string of the molecule is CCCC1CCC2(CC1)COc1ncccc12. The molecule has 0 unspecified atom stereocenters. The van der Waals surface area contributed by atoms with Gasteiger partial charge in [-0.15, -0.1) is 0 Å². The van der Waals surface area contributed by atoms with E-state index in [2.05, 4.69) is 18.0 Å². The molecule has 0 amide bonds. The fourth-order valence-electron chi connectivity index (χ4n) is 3.53. The molecule has 1 aromatic rings. The van der Waals surface area contributed by atoms with E-state index in [1.54, 1.807) is 0 Å². The van der Waals surface area contributed by atoms with Crippen molar-refractivity contribution in [1.29, 1.82) is 0 Å². The van der Waals surface area contributed by atoms with E-state index in [1.165, 1.54) is 44.1 Å². The van der Waals surface area contributed by atoms with Crippen molar-refractivity contribution in [3.05, 3.63) is 23.9 Å². The van der Waals surface area contributed by atoms with Gasteiger partial charge in [0.1, 0.15) is 0 Å². The standard InChI is InChI=1S/C15H21NO/c1-2-4-12-6-8-15(9-7-12)11-17-14-13(15)5-3-10-16-14/h3,5,10,12H,2,4,6-9,11H2,1H3. The largest absolute Gasteiger partial charge is 0.476 e. The molecule has 0 bridgehead atoms. The van der Waals surface area contributed by atoms with Crippen LogP contribution in [0.4, 0.5) is 0 Å². The molecule has 2 heterocycles. The molecule has 1 aromatic heterocycles. The van der Waals surface area contributed by atoms with Crippen LogP contribution in [0.5, 0.6) is 5.88 Å². The number of aromatic nitrogens is 1. The van der Waals surface area contributed by atoms with Gasteiger partial charge < -0.3 is 4.74 Å². The van der Waals surface area contributed by atoms with Crippen LogP contribution in [0.3, 0.4) is 0 Å². The van der Waals surface area contributed by atoms with E-state index in [-0.39, 0.29) is 0 Å². The number of fused-ring (bicyclic) bond motifs is 2. The maximum Gasteiger partial charge on any atom is 0.217 e. The Kier molecular flexibility index (Phi) is 2.81. The summed E-state index contributed by atoms with van der Waals surface area (Å²) in [5.74, 6) is 1.84. The Hall–Kier alpha value is -1.05. The molecule has 1 aliphatic heterocycles. The highest BCUT2D eigenvalue weighted by Crippen LogP contribution is 2.48. The van der Waals surface area contributed by atoms with Crippen LogP contribution in [0.15, 0.2) is 18.3 Å². The molecule has 0 N–H and O–H groups in total. The monoisotopic (exact) mass is 231 g/mol. The van der Waals surface area contributed by atoms with Crippen LogP contribution in [-0.4, -0.2) is 11.6 Å². The van der Waals surface area contributed by atoms with Gasteiger partial charge >= 0.3 is 0 Å². The smallest absolute Gasteiger partial charge is 0.217 e. The van der Waals surface area contributed by atoms with Crippen molar-refractivity contribution in [2.75, 3.05) is 6.61 Å². The Morgan fingerprint density at radius 2 is 2.24 bits per heavy atom. The second kappa shape index (κ2) is 4.32. The molecule has 1 spiro atoms. The van der Waals surface area contributed by atoms with Crippen LogP contribution in [-0.2, 0) is 5.41 Å². The summed E-state index contributed by atoms with van der Waals surface area (Å²) in [7, 11) is 0. The van der Waals surface area contributed by atoms with Crippen LogP contribution in [0.25, 0.3) is 0 Å². The van der Waals surface area contributed by atoms with Crippen LogP contribution < -0.4 is 4.74 Å². The Bertz CT molecular complexity index is 394. The molecule has 0 aromatic carbocycles. The van der Waals surface area contributed by atoms with Gasteiger partial charge in [-0.25, -0.2) is 4.98 Å². The van der Waals surface area contributed by atoms with Gasteiger partial charge in [-0.2, -0.15) is 0 Å². The summed E-state index contributed by atoms with van der Waals surface area (Å²) in [5, 5.41) is 0. The van der Waals surface area contributed by atoms with Crippen molar-refractivity contribution < 1.29 is 4.74 Å². The molecular weight excluding hydrogens is 210 g/mol. The first-order valence-electron chi connectivity index (χ1n) is 6.92. The number of rotatable bonds is 2. The lowest BCUT2D eigenvalue weighted by atomic mass is 9.67. The third kappa shape index (κ3) is 1.84. The maximum atomic E-state index is 5.78. The average molecular weight is 231 g/mol. The summed E-state index contributed by atoms with van der Waals surface area (Å²) in [4.78, 5) is 4.34. The molecule has 2 heteroatoms. The molecule has 2 aliphatic rings. The van der Waals surface area contributed by atoms with Crippen molar-refractivity contribution in [3.8, 4) is 5.88 Å². The summed E-state index contributed by atoms with van der Waals surface area (Å²) in [6, 6.07) is 4.27. The molecular formula is C15H21NO. The molecule has 17 heavy (non-hydrogen) atoms. The zero-order chi connectivity index (χ0) is 11.7. The Balaban J connectivity index is 1.78. The van der Waals surface area contributed by atoms with Gasteiger partial charge in [-0.3, -0.25) is 0 Å². The van der Waals surface area contributed by atoms with Crippen LogP contribution >= 0.6 is 0 Å². The van der Waals surface area contributed by atoms with E-state index in [0.29, 0.717) is 5.41 Å². The molecule has 1 aliphatic carbocycles. The highest BCUT2D eigenvalue weighted by Gasteiger charge is 2.43. The summed E-state index contributed by atoms with van der Waals surface area (Å²) in [5.41, 5.74) is 1.67. The first-order valence-corrected chi connectivity index (χ1v) is 6.92. The lowest BCUT2D eigenvalue weighted by Crippen LogP contribution is -2.33. The molecule has 0 radical (unpaired) electrons. The van der Waals surface area contributed by atoms with Gasteiger partial charge in [0.25, 0.3) is 0 Å². The number of hydrogen-bond donors (Lipinski definition) is 0. The molecule has 0 saturated heterocycles. The summed E-state index contributed by atoms with van der Waals surface area (Å²) < 4.78 is 5.78. The van der Waals surface area contributed by atoms with Gasteiger partial charge in [0, 0.05) is 17.2 Å². The van der Waals surface area contributed by atoms with Crippen molar-refractivity contribution in [3.63, 3.8) is 0 Å². The van der Waals surface area contributed by atoms with Gasteiger partial charge in [-0.05, 0) is 37.7 Å². The zero-order valence-electron chi connectivity index (χ0n) is 10.6. The fourth-order valence-corrected chi connectivity index (χ4v) is 3.53. The first kappa shape index (κ1) is 11.1. The maximum absolute atomic E-state index is 5.78. The molecule has 3 rings (SSSR count). The van der Waals surface area contributed by atoms with Gasteiger partial charge in [0.05, 0.1) is 6.61 Å². The number of pyridine rings is 1. The topological polar surface area (TPSA) is 22.1 Å². The van der Waals surface area contributed by atoms with E-state index in [9.17, 15) is 0 Å². The van der Waals surface area contributed by atoms with Crippen molar-refractivity contribution in [2.24, 2.45) is 5.92 Å². The van der Waals surface area contributed by atoms with Gasteiger partial charge in [0.2, 0.25) is 5.88 Å². The fraction of sp³-hybridized carbons (Fsp3) is 0.667. The normalized spacial score (nSPS) is 31.2. The summed E-state index contributed by atoms with van der Waals surface area (Å²) >= 11 is 0. The highest BCUT2D eigenvalue weighted by atomic mass is 16.5. The number of nitrogens with zero attached hydrogens (tertiary/aromatic N) is 1. The number of hydrogen-bond acceptors (Lipinski definition) is 2. The second-order valence-corrected chi connectivity index (χ2v) is 5.66. The van der Waals surface area contributed by atoms with Crippen molar-refractivity contribution >= 4 is 0 Å². The molecule has 0 atom stereocenters. The third-order valence-electron chi connectivity index (χ3n) is 4.59. The van der Waals surface area contributed by atoms with Gasteiger partial charge in [0.15, 0.2) is 0 Å². The van der Waals surface area contributed by atoms with E-state index in [0.717, 1.165) is 18.4 Å². The average Bonchev–Trinajstić information content (AvgIpc) is 2.73. The minimum Gasteiger partial charge on any atom is -0.476 e. The predicted molar refractivity (Wildman–Crippen MR) is 68.3 cm³/mol. The van der Waals surface area contributed by atoms with Gasteiger partial charge in [-0.1, -0.05) is 25.8 Å². The van der Waals surface area contributed by atoms with Crippen LogP contribution in [0, 0.1) is 5.92 Å². The highest BCUT2D eigenvalue weighted by molar-refractivity contribution is 5.38. The molecule has 2 nitrogen and oxygen atoms in total.